The Morgan fingerprint density at radius 1 is 1.04 bits per heavy atom. The summed E-state index contributed by atoms with van der Waals surface area (Å²) in [4.78, 5) is 14.5. The van der Waals surface area contributed by atoms with Crippen molar-refractivity contribution in [1.82, 2.24) is 4.90 Å². The van der Waals surface area contributed by atoms with Gasteiger partial charge in [-0.1, -0.05) is 30.3 Å². The van der Waals surface area contributed by atoms with E-state index in [4.69, 9.17) is 5.73 Å². The molecule has 0 atom stereocenters. The standard InChI is InChI=1S/C22H27FN2O/c23-20-10-8-19(9-11-20)21(26)7-4-14-25-15-12-22(24,13-16-25)17-18-5-2-1-3-6-18/h1-3,5-6,8-11H,4,7,12-17,24H2. The highest BCUT2D eigenvalue weighted by atomic mass is 19.1. The summed E-state index contributed by atoms with van der Waals surface area (Å²) in [6, 6.07) is 16.2. The van der Waals surface area contributed by atoms with Crippen molar-refractivity contribution in [2.24, 2.45) is 5.73 Å². The maximum Gasteiger partial charge on any atom is 0.162 e. The van der Waals surface area contributed by atoms with Gasteiger partial charge in [0.1, 0.15) is 5.82 Å². The molecule has 0 aromatic heterocycles. The number of hydrogen-bond acceptors (Lipinski definition) is 3. The van der Waals surface area contributed by atoms with Gasteiger partial charge in [-0.25, -0.2) is 4.39 Å². The van der Waals surface area contributed by atoms with Crippen LogP contribution in [0.5, 0.6) is 0 Å². The Hall–Kier alpha value is -2.04. The van der Waals surface area contributed by atoms with Gasteiger partial charge >= 0.3 is 0 Å². The number of Topliss-reactive ketones (excluding diaryl/α,β-unsaturated/α-hetero) is 1. The summed E-state index contributed by atoms with van der Waals surface area (Å²) in [7, 11) is 0. The first-order valence-electron chi connectivity index (χ1n) is 9.38. The molecular formula is C22H27FN2O. The van der Waals surface area contributed by atoms with Gasteiger partial charge in [0, 0.05) is 17.5 Å². The Morgan fingerprint density at radius 3 is 2.35 bits per heavy atom. The van der Waals surface area contributed by atoms with E-state index in [2.05, 4.69) is 29.2 Å². The lowest BCUT2D eigenvalue weighted by Gasteiger charge is -2.39. The normalized spacial score (nSPS) is 17.2. The zero-order chi connectivity index (χ0) is 18.4. The first-order chi connectivity index (χ1) is 12.5. The van der Waals surface area contributed by atoms with Crippen LogP contribution in [0, 0.1) is 5.82 Å². The van der Waals surface area contributed by atoms with Gasteiger partial charge in [-0.15, -0.1) is 0 Å². The second kappa shape index (κ2) is 8.56. The van der Waals surface area contributed by atoms with Crippen molar-refractivity contribution in [3.05, 3.63) is 71.5 Å². The van der Waals surface area contributed by atoms with Crippen LogP contribution < -0.4 is 5.73 Å². The Balaban J connectivity index is 1.40. The molecule has 1 fully saturated rings. The molecule has 0 spiro atoms. The number of likely N-dealkylation sites (tertiary alicyclic amines) is 1. The molecular weight excluding hydrogens is 327 g/mol. The van der Waals surface area contributed by atoms with Crippen LogP contribution in [0.2, 0.25) is 0 Å². The van der Waals surface area contributed by atoms with Crippen molar-refractivity contribution in [3.8, 4) is 0 Å². The van der Waals surface area contributed by atoms with E-state index < -0.39 is 0 Å². The lowest BCUT2D eigenvalue weighted by molar-refractivity contribution is 0.0967. The summed E-state index contributed by atoms with van der Waals surface area (Å²) in [6.45, 7) is 2.87. The molecule has 26 heavy (non-hydrogen) atoms. The summed E-state index contributed by atoms with van der Waals surface area (Å²) < 4.78 is 12.9. The van der Waals surface area contributed by atoms with Crippen LogP contribution in [0.3, 0.4) is 0 Å². The maximum absolute atomic E-state index is 12.9. The monoisotopic (exact) mass is 354 g/mol. The average Bonchev–Trinajstić information content (AvgIpc) is 2.65. The number of nitrogens with zero attached hydrogens (tertiary/aromatic N) is 1. The van der Waals surface area contributed by atoms with Crippen LogP contribution >= 0.6 is 0 Å². The quantitative estimate of drug-likeness (QED) is 0.769. The predicted molar refractivity (Wildman–Crippen MR) is 103 cm³/mol. The second-order valence-corrected chi connectivity index (χ2v) is 7.40. The van der Waals surface area contributed by atoms with Crippen molar-refractivity contribution in [3.63, 3.8) is 0 Å². The van der Waals surface area contributed by atoms with Gasteiger partial charge in [0.2, 0.25) is 0 Å². The molecule has 0 amide bonds. The van der Waals surface area contributed by atoms with E-state index in [0.29, 0.717) is 12.0 Å². The number of piperidine rings is 1. The molecule has 2 aromatic carbocycles. The van der Waals surface area contributed by atoms with Gasteiger partial charge in [-0.05, 0) is 75.1 Å². The molecule has 0 radical (unpaired) electrons. The minimum absolute atomic E-state index is 0.0826. The van der Waals surface area contributed by atoms with Crippen LogP contribution in [0.25, 0.3) is 0 Å². The number of hydrogen-bond donors (Lipinski definition) is 1. The smallest absolute Gasteiger partial charge is 0.162 e. The lowest BCUT2D eigenvalue weighted by Crippen LogP contribution is -2.51. The lowest BCUT2D eigenvalue weighted by atomic mass is 9.83. The molecule has 4 heteroatoms. The third kappa shape index (κ3) is 5.23. The van der Waals surface area contributed by atoms with Crippen molar-refractivity contribution in [2.45, 2.75) is 37.6 Å². The van der Waals surface area contributed by atoms with Crippen LogP contribution in [0.15, 0.2) is 54.6 Å². The Bertz CT molecular complexity index is 707. The molecule has 2 N–H and O–H groups in total. The number of ketones is 1. The molecule has 0 aliphatic carbocycles. The van der Waals surface area contributed by atoms with Crippen molar-refractivity contribution < 1.29 is 9.18 Å². The average molecular weight is 354 g/mol. The number of halogens is 1. The number of carbonyl (C=O) groups excluding carboxylic acids is 1. The number of benzene rings is 2. The van der Waals surface area contributed by atoms with Crippen LogP contribution in [-0.4, -0.2) is 35.9 Å². The Labute approximate surface area is 155 Å². The van der Waals surface area contributed by atoms with Crippen LogP contribution in [0.4, 0.5) is 4.39 Å². The summed E-state index contributed by atoms with van der Waals surface area (Å²) >= 11 is 0. The third-order valence-corrected chi connectivity index (χ3v) is 5.30. The van der Waals surface area contributed by atoms with Gasteiger partial charge in [0.05, 0.1) is 0 Å². The summed E-state index contributed by atoms with van der Waals surface area (Å²) in [6.07, 6.45) is 4.21. The van der Waals surface area contributed by atoms with E-state index >= 15 is 0 Å². The molecule has 138 valence electrons. The minimum Gasteiger partial charge on any atom is -0.325 e. The van der Waals surface area contributed by atoms with E-state index in [-0.39, 0.29) is 17.1 Å². The van der Waals surface area contributed by atoms with Gasteiger partial charge < -0.3 is 10.6 Å². The minimum atomic E-state index is -0.310. The molecule has 0 saturated carbocycles. The molecule has 1 aliphatic heterocycles. The zero-order valence-corrected chi connectivity index (χ0v) is 15.2. The molecule has 3 nitrogen and oxygen atoms in total. The first kappa shape index (κ1) is 18.7. The highest BCUT2D eigenvalue weighted by molar-refractivity contribution is 5.95. The topological polar surface area (TPSA) is 46.3 Å². The first-order valence-corrected chi connectivity index (χ1v) is 9.38. The van der Waals surface area contributed by atoms with Crippen LogP contribution in [0.1, 0.15) is 41.6 Å². The van der Waals surface area contributed by atoms with Gasteiger partial charge in [0.15, 0.2) is 5.78 Å². The van der Waals surface area contributed by atoms with E-state index in [0.717, 1.165) is 45.3 Å². The largest absolute Gasteiger partial charge is 0.325 e. The fraction of sp³-hybridized carbons (Fsp3) is 0.409. The molecule has 0 bridgehead atoms. The highest BCUT2D eigenvalue weighted by Gasteiger charge is 2.30. The Kier molecular flexibility index (Phi) is 6.17. The number of rotatable bonds is 7. The molecule has 1 heterocycles. The summed E-state index contributed by atoms with van der Waals surface area (Å²) in [5.74, 6) is -0.227. The van der Waals surface area contributed by atoms with E-state index in [1.54, 1.807) is 12.1 Å². The van der Waals surface area contributed by atoms with Crippen molar-refractivity contribution in [1.29, 1.82) is 0 Å². The highest BCUT2D eigenvalue weighted by Crippen LogP contribution is 2.24. The number of carbonyl (C=O) groups is 1. The van der Waals surface area contributed by atoms with E-state index in [1.807, 2.05) is 6.07 Å². The molecule has 0 unspecified atom stereocenters. The second-order valence-electron chi connectivity index (χ2n) is 7.40. The van der Waals surface area contributed by atoms with E-state index in [1.165, 1.54) is 17.7 Å². The fourth-order valence-electron chi connectivity index (χ4n) is 3.64. The van der Waals surface area contributed by atoms with Crippen LogP contribution in [-0.2, 0) is 6.42 Å². The summed E-state index contributed by atoms with van der Waals surface area (Å²) in [5.41, 5.74) is 8.37. The number of nitrogens with two attached hydrogens (primary N) is 1. The molecule has 3 rings (SSSR count). The third-order valence-electron chi connectivity index (χ3n) is 5.30. The fourth-order valence-corrected chi connectivity index (χ4v) is 3.64. The zero-order valence-electron chi connectivity index (χ0n) is 15.2. The molecule has 2 aromatic rings. The SMILES string of the molecule is NC1(Cc2ccccc2)CCN(CCCC(=O)c2ccc(F)cc2)CC1. The van der Waals surface area contributed by atoms with Crippen molar-refractivity contribution >= 4 is 5.78 Å². The van der Waals surface area contributed by atoms with Crippen molar-refractivity contribution in [2.75, 3.05) is 19.6 Å². The predicted octanol–water partition coefficient (Wildman–Crippen LogP) is 3.82. The maximum atomic E-state index is 12.9. The van der Waals surface area contributed by atoms with Gasteiger partial charge in [-0.2, -0.15) is 0 Å². The van der Waals surface area contributed by atoms with Gasteiger partial charge in [0.25, 0.3) is 0 Å². The molecule has 1 saturated heterocycles. The Morgan fingerprint density at radius 2 is 1.69 bits per heavy atom. The van der Waals surface area contributed by atoms with E-state index in [9.17, 15) is 9.18 Å². The molecule has 1 aliphatic rings. The summed E-state index contributed by atoms with van der Waals surface area (Å²) in [5, 5.41) is 0. The van der Waals surface area contributed by atoms with Gasteiger partial charge in [-0.3, -0.25) is 4.79 Å².